The molecule has 2 aromatic carbocycles. The Bertz CT molecular complexity index is 1130. The fourth-order valence-electron chi connectivity index (χ4n) is 3.56. The highest BCUT2D eigenvalue weighted by atomic mass is 19.1. The summed E-state index contributed by atoms with van der Waals surface area (Å²) in [6.45, 7) is 6.01. The van der Waals surface area contributed by atoms with Crippen LogP contribution in [0, 0.1) is 11.7 Å². The standard InChI is InChI=1S/C23H24FN3O2/c1-13(2)22(20-11-15-8-9-16(24)12-19(15)29-20)27-21(28)10-14(3)23-25-17-6-4-5-7-18(17)26-23/h4-9,11-14,22H,10H2,1-3H3,(H,25,26)(H,27,28)/t14-,22+/m0/s1. The summed E-state index contributed by atoms with van der Waals surface area (Å²) in [5, 5.41) is 3.89. The highest BCUT2D eigenvalue weighted by Crippen LogP contribution is 2.29. The van der Waals surface area contributed by atoms with Gasteiger partial charge >= 0.3 is 0 Å². The number of halogens is 1. The third kappa shape index (κ3) is 4.01. The van der Waals surface area contributed by atoms with Crippen molar-refractivity contribution in [2.24, 2.45) is 5.92 Å². The number of para-hydroxylation sites is 2. The van der Waals surface area contributed by atoms with Gasteiger partial charge in [0.25, 0.3) is 0 Å². The molecule has 2 aromatic heterocycles. The van der Waals surface area contributed by atoms with Crippen LogP contribution in [0.15, 0.2) is 52.9 Å². The third-order valence-corrected chi connectivity index (χ3v) is 5.16. The number of nitrogens with one attached hydrogen (secondary N) is 2. The molecule has 4 aromatic rings. The van der Waals surface area contributed by atoms with Gasteiger partial charge in [-0.2, -0.15) is 0 Å². The van der Waals surface area contributed by atoms with Gasteiger partial charge in [-0.15, -0.1) is 0 Å². The normalized spacial score (nSPS) is 13.8. The van der Waals surface area contributed by atoms with Gasteiger partial charge in [-0.1, -0.05) is 32.9 Å². The van der Waals surface area contributed by atoms with E-state index in [9.17, 15) is 9.18 Å². The number of furan rings is 1. The number of rotatable bonds is 6. The van der Waals surface area contributed by atoms with E-state index in [1.807, 2.05) is 51.1 Å². The quantitative estimate of drug-likeness (QED) is 0.457. The fourth-order valence-corrected chi connectivity index (χ4v) is 3.56. The van der Waals surface area contributed by atoms with Crippen molar-refractivity contribution in [3.05, 3.63) is 65.9 Å². The van der Waals surface area contributed by atoms with Gasteiger partial charge in [0.2, 0.25) is 5.91 Å². The second-order valence-corrected chi connectivity index (χ2v) is 7.86. The van der Waals surface area contributed by atoms with Crippen LogP contribution in [0.3, 0.4) is 0 Å². The number of nitrogens with zero attached hydrogens (tertiary/aromatic N) is 1. The lowest BCUT2D eigenvalue weighted by Crippen LogP contribution is -2.32. The molecule has 29 heavy (non-hydrogen) atoms. The first kappa shape index (κ1) is 19.2. The molecule has 0 aliphatic carbocycles. The third-order valence-electron chi connectivity index (χ3n) is 5.16. The molecule has 0 spiro atoms. The first-order valence-electron chi connectivity index (χ1n) is 9.83. The predicted octanol–water partition coefficient (Wildman–Crippen LogP) is 5.46. The van der Waals surface area contributed by atoms with E-state index in [-0.39, 0.29) is 29.6 Å². The van der Waals surface area contributed by atoms with Crippen LogP contribution in [0.25, 0.3) is 22.0 Å². The summed E-state index contributed by atoms with van der Waals surface area (Å²) in [6, 6.07) is 13.8. The second-order valence-electron chi connectivity index (χ2n) is 7.86. The molecule has 0 aliphatic heterocycles. The number of hydrogen-bond acceptors (Lipinski definition) is 3. The maximum Gasteiger partial charge on any atom is 0.221 e. The Hall–Kier alpha value is -3.15. The zero-order chi connectivity index (χ0) is 20.5. The van der Waals surface area contributed by atoms with Crippen LogP contribution in [-0.4, -0.2) is 15.9 Å². The van der Waals surface area contributed by atoms with E-state index in [2.05, 4.69) is 15.3 Å². The Morgan fingerprint density at radius 1 is 1.17 bits per heavy atom. The topological polar surface area (TPSA) is 70.9 Å². The Labute approximate surface area is 168 Å². The zero-order valence-electron chi connectivity index (χ0n) is 16.7. The second kappa shape index (κ2) is 7.70. The van der Waals surface area contributed by atoms with Crippen LogP contribution in [-0.2, 0) is 4.79 Å². The molecule has 1 amide bonds. The van der Waals surface area contributed by atoms with E-state index >= 15 is 0 Å². The van der Waals surface area contributed by atoms with Crippen LogP contribution < -0.4 is 5.32 Å². The molecule has 4 rings (SSSR count). The van der Waals surface area contributed by atoms with E-state index in [0.29, 0.717) is 17.8 Å². The first-order chi connectivity index (χ1) is 13.9. The number of carbonyl (C=O) groups is 1. The first-order valence-corrected chi connectivity index (χ1v) is 9.83. The maximum atomic E-state index is 13.5. The molecule has 5 nitrogen and oxygen atoms in total. The molecule has 2 N–H and O–H groups in total. The van der Waals surface area contributed by atoms with Crippen LogP contribution in [0.4, 0.5) is 4.39 Å². The molecule has 150 valence electrons. The van der Waals surface area contributed by atoms with Crippen LogP contribution in [0.2, 0.25) is 0 Å². The molecule has 0 saturated heterocycles. The summed E-state index contributed by atoms with van der Waals surface area (Å²) in [5.74, 6) is 1.06. The summed E-state index contributed by atoms with van der Waals surface area (Å²) in [4.78, 5) is 20.6. The number of H-pyrrole nitrogens is 1. The summed E-state index contributed by atoms with van der Waals surface area (Å²) >= 11 is 0. The van der Waals surface area contributed by atoms with Crippen molar-refractivity contribution in [3.8, 4) is 0 Å². The van der Waals surface area contributed by atoms with Crippen molar-refractivity contribution in [1.82, 2.24) is 15.3 Å². The molecular weight excluding hydrogens is 369 g/mol. The smallest absolute Gasteiger partial charge is 0.221 e. The monoisotopic (exact) mass is 393 g/mol. The SMILES string of the molecule is CC(C)[C@@H](NC(=O)C[C@H](C)c1nc2ccccc2[nH]1)c1cc2ccc(F)cc2o1. The van der Waals surface area contributed by atoms with Crippen molar-refractivity contribution in [2.45, 2.75) is 39.2 Å². The van der Waals surface area contributed by atoms with Crippen molar-refractivity contribution < 1.29 is 13.6 Å². The molecule has 0 bridgehead atoms. The number of aromatic amines is 1. The maximum absolute atomic E-state index is 13.5. The Kier molecular flexibility index (Phi) is 5.09. The number of imidazole rings is 1. The molecule has 0 unspecified atom stereocenters. The van der Waals surface area contributed by atoms with Gasteiger partial charge in [-0.05, 0) is 36.2 Å². The number of hydrogen-bond donors (Lipinski definition) is 2. The van der Waals surface area contributed by atoms with Crippen molar-refractivity contribution >= 4 is 27.9 Å². The molecule has 2 atom stereocenters. The van der Waals surface area contributed by atoms with E-state index in [1.165, 1.54) is 12.1 Å². The molecule has 6 heteroatoms. The lowest BCUT2D eigenvalue weighted by atomic mass is 10.00. The van der Waals surface area contributed by atoms with E-state index < -0.39 is 0 Å². The zero-order valence-corrected chi connectivity index (χ0v) is 16.7. The van der Waals surface area contributed by atoms with Crippen molar-refractivity contribution in [3.63, 3.8) is 0 Å². The number of carbonyl (C=O) groups excluding carboxylic acids is 1. The Morgan fingerprint density at radius 2 is 1.97 bits per heavy atom. The van der Waals surface area contributed by atoms with Gasteiger partial charge in [-0.25, -0.2) is 9.37 Å². The lowest BCUT2D eigenvalue weighted by Gasteiger charge is -2.21. The Morgan fingerprint density at radius 3 is 2.72 bits per heavy atom. The molecule has 0 radical (unpaired) electrons. The largest absolute Gasteiger partial charge is 0.459 e. The molecule has 0 aliphatic rings. The van der Waals surface area contributed by atoms with Gasteiger partial charge in [0, 0.05) is 23.8 Å². The number of amides is 1. The van der Waals surface area contributed by atoms with Crippen molar-refractivity contribution in [1.29, 1.82) is 0 Å². The number of aromatic nitrogens is 2. The summed E-state index contributed by atoms with van der Waals surface area (Å²) < 4.78 is 19.3. The van der Waals surface area contributed by atoms with Gasteiger partial charge < -0.3 is 14.7 Å². The Balaban J connectivity index is 1.49. The highest BCUT2D eigenvalue weighted by molar-refractivity contribution is 5.80. The highest BCUT2D eigenvalue weighted by Gasteiger charge is 2.24. The van der Waals surface area contributed by atoms with Gasteiger partial charge in [0.15, 0.2) is 0 Å². The van der Waals surface area contributed by atoms with E-state index in [0.717, 1.165) is 22.2 Å². The molecule has 0 saturated carbocycles. The van der Waals surface area contributed by atoms with Crippen LogP contribution in [0.5, 0.6) is 0 Å². The average Bonchev–Trinajstić information content (AvgIpc) is 3.29. The molecular formula is C23H24FN3O2. The minimum Gasteiger partial charge on any atom is -0.459 e. The average molecular weight is 393 g/mol. The fraction of sp³-hybridized carbons (Fsp3) is 0.304. The van der Waals surface area contributed by atoms with Crippen molar-refractivity contribution in [2.75, 3.05) is 0 Å². The molecule has 2 heterocycles. The summed E-state index contributed by atoms with van der Waals surface area (Å²) in [7, 11) is 0. The minimum atomic E-state index is -0.344. The van der Waals surface area contributed by atoms with E-state index in [4.69, 9.17) is 4.42 Å². The van der Waals surface area contributed by atoms with Gasteiger partial charge in [-0.3, -0.25) is 4.79 Å². The molecule has 0 fully saturated rings. The lowest BCUT2D eigenvalue weighted by molar-refractivity contribution is -0.122. The van der Waals surface area contributed by atoms with E-state index in [1.54, 1.807) is 6.07 Å². The summed E-state index contributed by atoms with van der Waals surface area (Å²) in [5.41, 5.74) is 2.34. The van der Waals surface area contributed by atoms with Crippen LogP contribution in [0.1, 0.15) is 50.7 Å². The summed E-state index contributed by atoms with van der Waals surface area (Å²) in [6.07, 6.45) is 0.303. The number of benzene rings is 2. The van der Waals surface area contributed by atoms with Gasteiger partial charge in [0.05, 0.1) is 17.1 Å². The van der Waals surface area contributed by atoms with Gasteiger partial charge in [0.1, 0.15) is 23.0 Å². The van der Waals surface area contributed by atoms with Crippen LogP contribution >= 0.6 is 0 Å². The number of fused-ring (bicyclic) bond motifs is 2. The minimum absolute atomic E-state index is 0.0556. The predicted molar refractivity (Wildman–Crippen MR) is 111 cm³/mol.